The summed E-state index contributed by atoms with van der Waals surface area (Å²) in [7, 11) is 0. The maximum absolute atomic E-state index is 13.7. The lowest BCUT2D eigenvalue weighted by molar-refractivity contribution is -0.128. The Morgan fingerprint density at radius 3 is 3.17 bits per heavy atom. The van der Waals surface area contributed by atoms with Crippen LogP contribution >= 0.6 is 0 Å². The second-order valence-electron chi connectivity index (χ2n) is 6.23. The first-order valence-electron chi connectivity index (χ1n) is 7.87. The van der Waals surface area contributed by atoms with Crippen LogP contribution in [0.2, 0.25) is 0 Å². The Hall–Kier alpha value is -2.37. The number of carbonyl (C=O) groups excluding carboxylic acids is 1. The molecule has 1 aromatic carbocycles. The first-order chi connectivity index (χ1) is 11.1. The van der Waals surface area contributed by atoms with Gasteiger partial charge in [0.05, 0.1) is 5.69 Å². The molecule has 0 fully saturated rings. The summed E-state index contributed by atoms with van der Waals surface area (Å²) < 4.78 is 21.3. The Balaban J connectivity index is 1.41. The first kappa shape index (κ1) is 14.2. The number of carbonyl (C=O) groups is 1. The molecular weight excluding hydrogens is 297 g/mol. The molecule has 2 atom stereocenters. The molecule has 2 aliphatic rings. The first-order valence-corrected chi connectivity index (χ1v) is 7.87. The Labute approximate surface area is 133 Å². The van der Waals surface area contributed by atoms with Crippen LogP contribution in [-0.4, -0.2) is 27.6 Å². The quantitative estimate of drug-likeness (QED) is 0.919. The van der Waals surface area contributed by atoms with Gasteiger partial charge in [-0.1, -0.05) is 12.1 Å². The van der Waals surface area contributed by atoms with Gasteiger partial charge >= 0.3 is 0 Å². The molecule has 5 nitrogen and oxygen atoms in total. The molecular formula is C17H18FN3O2. The molecule has 0 aliphatic carbocycles. The van der Waals surface area contributed by atoms with Crippen LogP contribution in [0, 0.1) is 12.7 Å². The van der Waals surface area contributed by atoms with E-state index in [1.807, 2.05) is 13.1 Å². The van der Waals surface area contributed by atoms with Crippen LogP contribution in [0.25, 0.3) is 0 Å². The summed E-state index contributed by atoms with van der Waals surface area (Å²) in [4.78, 5) is 16.9. The second-order valence-corrected chi connectivity index (χ2v) is 6.23. The number of aromatic nitrogens is 2. The van der Waals surface area contributed by atoms with Crippen LogP contribution in [0.1, 0.15) is 23.5 Å². The van der Waals surface area contributed by atoms with Gasteiger partial charge in [-0.2, -0.15) is 0 Å². The van der Waals surface area contributed by atoms with Gasteiger partial charge in [0.15, 0.2) is 17.7 Å². The van der Waals surface area contributed by atoms with Gasteiger partial charge in [0, 0.05) is 37.2 Å². The molecule has 2 aromatic rings. The highest BCUT2D eigenvalue weighted by molar-refractivity contribution is 5.82. The van der Waals surface area contributed by atoms with E-state index in [0.717, 1.165) is 36.5 Å². The zero-order valence-corrected chi connectivity index (χ0v) is 12.9. The predicted molar refractivity (Wildman–Crippen MR) is 81.7 cm³/mol. The van der Waals surface area contributed by atoms with Gasteiger partial charge in [0.25, 0.3) is 5.91 Å². The minimum atomic E-state index is -0.646. The lowest BCUT2D eigenvalue weighted by Gasteiger charge is -2.25. The summed E-state index contributed by atoms with van der Waals surface area (Å²) in [6.07, 6.45) is 3.48. The van der Waals surface area contributed by atoms with Gasteiger partial charge in [-0.25, -0.2) is 9.37 Å². The fourth-order valence-corrected chi connectivity index (χ4v) is 3.37. The predicted octanol–water partition coefficient (Wildman–Crippen LogP) is 1.77. The van der Waals surface area contributed by atoms with Crippen LogP contribution < -0.4 is 10.1 Å². The van der Waals surface area contributed by atoms with E-state index in [4.69, 9.17) is 4.74 Å². The molecule has 2 unspecified atom stereocenters. The molecule has 1 amide bonds. The number of rotatable bonds is 2. The summed E-state index contributed by atoms with van der Waals surface area (Å²) in [5, 5.41) is 3.03. The summed E-state index contributed by atoms with van der Waals surface area (Å²) in [6.45, 7) is 2.69. The molecule has 3 heterocycles. The van der Waals surface area contributed by atoms with Crippen molar-refractivity contribution >= 4 is 5.91 Å². The Morgan fingerprint density at radius 1 is 1.48 bits per heavy atom. The van der Waals surface area contributed by atoms with Crippen molar-refractivity contribution in [2.75, 3.05) is 0 Å². The van der Waals surface area contributed by atoms with Crippen LogP contribution in [-0.2, 0) is 24.2 Å². The molecule has 1 N–H and O–H groups in total. The van der Waals surface area contributed by atoms with Crippen molar-refractivity contribution in [1.82, 2.24) is 14.9 Å². The third-order valence-corrected chi connectivity index (χ3v) is 4.47. The normalized spacial score (nSPS) is 22.2. The standard InChI is InChI=1S/C17H18FN3O2/c1-10-8-21-9-12(5-6-15(21)19-10)20-17(22)14-7-11-3-2-4-13(18)16(11)23-14/h2-4,8,12,14H,5-7,9H2,1H3,(H,20,22). The van der Waals surface area contributed by atoms with Gasteiger partial charge in [-0.05, 0) is 19.4 Å². The van der Waals surface area contributed by atoms with E-state index in [1.165, 1.54) is 6.07 Å². The van der Waals surface area contributed by atoms with E-state index in [1.54, 1.807) is 12.1 Å². The smallest absolute Gasteiger partial charge is 0.261 e. The Bertz CT molecular complexity index is 771. The van der Waals surface area contributed by atoms with Crippen LogP contribution in [0.5, 0.6) is 5.75 Å². The molecule has 6 heteroatoms. The minimum Gasteiger partial charge on any atom is -0.477 e. The molecule has 120 valence electrons. The number of amides is 1. The number of fused-ring (bicyclic) bond motifs is 2. The van der Waals surface area contributed by atoms with Crippen molar-refractivity contribution in [2.45, 2.75) is 44.9 Å². The number of hydrogen-bond donors (Lipinski definition) is 1. The number of nitrogens with zero attached hydrogens (tertiary/aromatic N) is 2. The highest BCUT2D eigenvalue weighted by Gasteiger charge is 2.32. The van der Waals surface area contributed by atoms with Gasteiger partial charge in [0.1, 0.15) is 5.82 Å². The van der Waals surface area contributed by atoms with E-state index < -0.39 is 11.9 Å². The minimum absolute atomic E-state index is 0.0563. The number of benzene rings is 1. The molecule has 1 aromatic heterocycles. The van der Waals surface area contributed by atoms with Gasteiger partial charge in [-0.15, -0.1) is 0 Å². The van der Waals surface area contributed by atoms with E-state index >= 15 is 0 Å². The topological polar surface area (TPSA) is 56.2 Å². The molecule has 0 saturated carbocycles. The monoisotopic (exact) mass is 315 g/mol. The molecule has 0 saturated heterocycles. The van der Waals surface area contributed by atoms with E-state index in [0.29, 0.717) is 6.42 Å². The lowest BCUT2D eigenvalue weighted by atomic mass is 10.1. The second kappa shape index (κ2) is 5.37. The number of hydrogen-bond acceptors (Lipinski definition) is 3. The van der Waals surface area contributed by atoms with Crippen molar-refractivity contribution in [2.24, 2.45) is 0 Å². The number of aryl methyl sites for hydroxylation is 2. The third kappa shape index (κ3) is 2.58. The Morgan fingerprint density at radius 2 is 2.35 bits per heavy atom. The number of para-hydroxylation sites is 1. The van der Waals surface area contributed by atoms with Gasteiger partial charge in [0.2, 0.25) is 0 Å². The highest BCUT2D eigenvalue weighted by Crippen LogP contribution is 2.31. The molecule has 0 radical (unpaired) electrons. The van der Waals surface area contributed by atoms with Crippen LogP contribution in [0.15, 0.2) is 24.4 Å². The van der Waals surface area contributed by atoms with Crippen molar-refractivity contribution < 1.29 is 13.9 Å². The highest BCUT2D eigenvalue weighted by atomic mass is 19.1. The van der Waals surface area contributed by atoms with E-state index in [2.05, 4.69) is 14.9 Å². The summed E-state index contributed by atoms with van der Waals surface area (Å²) >= 11 is 0. The summed E-state index contributed by atoms with van der Waals surface area (Å²) in [5.74, 6) is 0.697. The molecule has 23 heavy (non-hydrogen) atoms. The van der Waals surface area contributed by atoms with Crippen molar-refractivity contribution in [3.05, 3.63) is 47.3 Å². The number of imidazole rings is 1. The molecule has 4 rings (SSSR count). The van der Waals surface area contributed by atoms with Crippen molar-refractivity contribution in [3.63, 3.8) is 0 Å². The average molecular weight is 315 g/mol. The molecule has 0 bridgehead atoms. The zero-order valence-electron chi connectivity index (χ0n) is 12.9. The largest absolute Gasteiger partial charge is 0.477 e. The number of ether oxygens (including phenoxy) is 1. The molecule has 0 spiro atoms. The van der Waals surface area contributed by atoms with Crippen molar-refractivity contribution in [3.8, 4) is 5.75 Å². The van der Waals surface area contributed by atoms with Crippen LogP contribution in [0.3, 0.4) is 0 Å². The summed E-state index contributed by atoms with van der Waals surface area (Å²) in [5.41, 5.74) is 1.75. The summed E-state index contributed by atoms with van der Waals surface area (Å²) in [6, 6.07) is 4.85. The van der Waals surface area contributed by atoms with Crippen LogP contribution in [0.4, 0.5) is 4.39 Å². The number of nitrogens with one attached hydrogen (secondary N) is 1. The van der Waals surface area contributed by atoms with E-state index in [9.17, 15) is 9.18 Å². The average Bonchev–Trinajstić information content (AvgIpc) is 3.10. The lowest BCUT2D eigenvalue weighted by Crippen LogP contribution is -2.46. The molecule has 2 aliphatic heterocycles. The SMILES string of the molecule is Cc1cn2c(n1)CCC(NC(=O)C1Cc3cccc(F)c3O1)C2. The third-order valence-electron chi connectivity index (χ3n) is 4.47. The van der Waals surface area contributed by atoms with Gasteiger partial charge in [-0.3, -0.25) is 4.79 Å². The van der Waals surface area contributed by atoms with E-state index in [-0.39, 0.29) is 17.7 Å². The maximum atomic E-state index is 13.7. The maximum Gasteiger partial charge on any atom is 0.261 e. The number of halogens is 1. The Kier molecular flexibility index (Phi) is 3.32. The van der Waals surface area contributed by atoms with Gasteiger partial charge < -0.3 is 14.6 Å². The van der Waals surface area contributed by atoms with Crippen molar-refractivity contribution in [1.29, 1.82) is 0 Å². The zero-order chi connectivity index (χ0) is 16.0. The fourth-order valence-electron chi connectivity index (χ4n) is 3.37. The fraction of sp³-hybridized carbons (Fsp3) is 0.412.